The van der Waals surface area contributed by atoms with E-state index in [1.165, 1.54) is 13.2 Å². The lowest BCUT2D eigenvalue weighted by Crippen LogP contribution is -1.99. The molecule has 0 aliphatic heterocycles. The van der Waals surface area contributed by atoms with E-state index in [2.05, 4.69) is 0 Å². The Kier molecular flexibility index (Phi) is 6.47. The van der Waals surface area contributed by atoms with Crippen molar-refractivity contribution in [2.45, 2.75) is 0 Å². The van der Waals surface area contributed by atoms with Gasteiger partial charge in [0.2, 0.25) is 0 Å². The number of carbonyl (C=O) groups is 1. The lowest BCUT2D eigenvalue weighted by molar-refractivity contribution is 0.104. The van der Waals surface area contributed by atoms with E-state index in [4.69, 9.17) is 32.7 Å². The number of benzene rings is 2. The molecule has 2 aromatic rings. The predicted molar refractivity (Wildman–Crippen MR) is 98.3 cm³/mol. The number of hydrogen-bond acceptors (Lipinski definition) is 3. The lowest BCUT2D eigenvalue weighted by atomic mass is 10.1. The monoisotopic (exact) mass is 362 g/mol. The third-order valence-corrected chi connectivity index (χ3v) is 3.84. The molecule has 0 atom stereocenters. The van der Waals surface area contributed by atoms with Crippen molar-refractivity contribution in [1.82, 2.24) is 0 Å². The van der Waals surface area contributed by atoms with Crippen LogP contribution in [0.15, 0.2) is 60.7 Å². The molecule has 0 spiro atoms. The fraction of sp³-hybridized carbons (Fsp3) is 0.105. The van der Waals surface area contributed by atoms with E-state index in [0.29, 0.717) is 27.1 Å². The minimum atomic E-state index is -0.193. The van der Waals surface area contributed by atoms with E-state index in [0.717, 1.165) is 5.56 Å². The fourth-order valence-electron chi connectivity index (χ4n) is 2.05. The third kappa shape index (κ3) is 4.63. The average Bonchev–Trinajstić information content (AvgIpc) is 2.60. The van der Waals surface area contributed by atoms with Crippen LogP contribution in [0.25, 0.3) is 5.03 Å². The molecular formula is C19H16Cl2O3. The van der Waals surface area contributed by atoms with Crippen LogP contribution in [0.3, 0.4) is 0 Å². The van der Waals surface area contributed by atoms with Gasteiger partial charge >= 0.3 is 0 Å². The first kappa shape index (κ1) is 18.1. The first-order valence-electron chi connectivity index (χ1n) is 7.11. The van der Waals surface area contributed by atoms with E-state index in [1.54, 1.807) is 49.6 Å². The molecule has 0 aliphatic rings. The van der Waals surface area contributed by atoms with E-state index in [1.807, 2.05) is 12.1 Å². The molecule has 0 saturated heterocycles. The topological polar surface area (TPSA) is 35.5 Å². The summed E-state index contributed by atoms with van der Waals surface area (Å²) in [6.45, 7) is 0. The number of rotatable bonds is 6. The van der Waals surface area contributed by atoms with Crippen molar-refractivity contribution in [2.75, 3.05) is 14.2 Å². The number of allylic oxidation sites excluding steroid dienone is 3. The average molecular weight is 363 g/mol. The van der Waals surface area contributed by atoms with Gasteiger partial charge in [-0.25, -0.2) is 0 Å². The second-order valence-electron chi connectivity index (χ2n) is 4.81. The van der Waals surface area contributed by atoms with Gasteiger partial charge in [-0.3, -0.25) is 4.79 Å². The number of ketones is 1. The second kappa shape index (κ2) is 8.57. The van der Waals surface area contributed by atoms with Crippen LogP contribution in [0, 0.1) is 0 Å². The van der Waals surface area contributed by atoms with Gasteiger partial charge in [0, 0.05) is 16.1 Å². The Hall–Kier alpha value is -2.23. The molecule has 24 heavy (non-hydrogen) atoms. The highest BCUT2D eigenvalue weighted by Crippen LogP contribution is 2.25. The van der Waals surface area contributed by atoms with E-state index in [9.17, 15) is 4.79 Å². The smallest absolute Gasteiger partial charge is 0.189 e. The molecule has 0 saturated carbocycles. The van der Waals surface area contributed by atoms with Crippen LogP contribution in [-0.4, -0.2) is 20.0 Å². The molecule has 0 bridgehead atoms. The zero-order valence-corrected chi connectivity index (χ0v) is 14.8. The molecule has 0 aromatic heterocycles. The summed E-state index contributed by atoms with van der Waals surface area (Å²) in [4.78, 5) is 12.3. The molecule has 3 nitrogen and oxygen atoms in total. The quantitative estimate of drug-likeness (QED) is 0.393. The first-order chi connectivity index (χ1) is 11.5. The second-order valence-corrected chi connectivity index (χ2v) is 5.66. The van der Waals surface area contributed by atoms with Crippen molar-refractivity contribution in [2.24, 2.45) is 0 Å². The van der Waals surface area contributed by atoms with Crippen LogP contribution in [0.5, 0.6) is 11.5 Å². The van der Waals surface area contributed by atoms with Gasteiger partial charge in [0.25, 0.3) is 0 Å². The minimum Gasteiger partial charge on any atom is -0.497 e. The Morgan fingerprint density at radius 1 is 1.08 bits per heavy atom. The molecule has 0 aliphatic carbocycles. The summed E-state index contributed by atoms with van der Waals surface area (Å²) in [7, 11) is 3.06. The zero-order valence-electron chi connectivity index (χ0n) is 13.3. The maximum atomic E-state index is 12.3. The Bertz CT molecular complexity index is 795. The molecule has 0 unspecified atom stereocenters. The Morgan fingerprint density at radius 2 is 1.88 bits per heavy atom. The van der Waals surface area contributed by atoms with E-state index < -0.39 is 0 Å². The van der Waals surface area contributed by atoms with Gasteiger partial charge in [0.1, 0.15) is 11.5 Å². The van der Waals surface area contributed by atoms with Gasteiger partial charge < -0.3 is 9.47 Å². The largest absolute Gasteiger partial charge is 0.497 e. The number of carbonyl (C=O) groups excluding carboxylic acids is 1. The molecular weight excluding hydrogens is 347 g/mol. The zero-order chi connectivity index (χ0) is 17.5. The van der Waals surface area contributed by atoms with Crippen molar-refractivity contribution in [3.05, 3.63) is 76.8 Å². The molecule has 2 rings (SSSR count). The standard InChI is InChI=1S/C19H16Cl2O3/c1-23-15-9-10-16(19(12-15)24-2)18(22)8-4-7-17(21)13-5-3-6-14(20)11-13/h3-12H,1-2H3/b8-4+,17-7-. The third-order valence-electron chi connectivity index (χ3n) is 3.26. The minimum absolute atomic E-state index is 0.193. The van der Waals surface area contributed by atoms with Gasteiger partial charge in [-0.15, -0.1) is 0 Å². The van der Waals surface area contributed by atoms with Crippen LogP contribution in [0.4, 0.5) is 0 Å². The lowest BCUT2D eigenvalue weighted by Gasteiger charge is -2.07. The van der Waals surface area contributed by atoms with Crippen molar-refractivity contribution in [1.29, 1.82) is 0 Å². The maximum Gasteiger partial charge on any atom is 0.189 e. The van der Waals surface area contributed by atoms with Gasteiger partial charge in [-0.05, 0) is 42.0 Å². The Morgan fingerprint density at radius 3 is 2.54 bits per heavy atom. The Labute approximate surface area is 151 Å². The van der Waals surface area contributed by atoms with E-state index in [-0.39, 0.29) is 5.78 Å². The summed E-state index contributed by atoms with van der Waals surface area (Å²) in [5, 5.41) is 1.09. The van der Waals surface area contributed by atoms with Gasteiger partial charge in [0.15, 0.2) is 5.78 Å². The number of halogens is 2. The van der Waals surface area contributed by atoms with Crippen LogP contribution in [-0.2, 0) is 0 Å². The SMILES string of the molecule is COc1ccc(C(=O)/C=C/C=C(\Cl)c2cccc(Cl)c2)c(OC)c1. The van der Waals surface area contributed by atoms with Crippen LogP contribution in [0.1, 0.15) is 15.9 Å². The highest BCUT2D eigenvalue weighted by Gasteiger charge is 2.10. The van der Waals surface area contributed by atoms with Crippen molar-refractivity contribution >= 4 is 34.0 Å². The van der Waals surface area contributed by atoms with Crippen LogP contribution < -0.4 is 9.47 Å². The summed E-state index contributed by atoms with van der Waals surface area (Å²) in [5.74, 6) is 0.881. The highest BCUT2D eigenvalue weighted by molar-refractivity contribution is 6.49. The normalized spacial score (nSPS) is 11.6. The predicted octanol–water partition coefficient (Wildman–Crippen LogP) is 5.38. The molecule has 0 heterocycles. The molecule has 0 radical (unpaired) electrons. The van der Waals surface area contributed by atoms with Crippen molar-refractivity contribution < 1.29 is 14.3 Å². The fourth-order valence-corrected chi connectivity index (χ4v) is 2.43. The molecule has 0 fully saturated rings. The van der Waals surface area contributed by atoms with Gasteiger partial charge in [0.05, 0.1) is 19.8 Å². The Balaban J connectivity index is 2.17. The molecule has 5 heteroatoms. The summed E-state index contributed by atoms with van der Waals surface area (Å²) in [6.07, 6.45) is 4.66. The molecule has 0 N–H and O–H groups in total. The number of hydrogen-bond donors (Lipinski definition) is 0. The maximum absolute atomic E-state index is 12.3. The van der Waals surface area contributed by atoms with Crippen LogP contribution >= 0.6 is 23.2 Å². The first-order valence-corrected chi connectivity index (χ1v) is 7.87. The summed E-state index contributed by atoms with van der Waals surface area (Å²) < 4.78 is 10.3. The highest BCUT2D eigenvalue weighted by atomic mass is 35.5. The summed E-state index contributed by atoms with van der Waals surface area (Å²) in [6, 6.07) is 12.2. The summed E-state index contributed by atoms with van der Waals surface area (Å²) >= 11 is 12.1. The summed E-state index contributed by atoms with van der Waals surface area (Å²) in [5.41, 5.74) is 1.23. The molecule has 0 amide bonds. The van der Waals surface area contributed by atoms with Crippen LogP contribution in [0.2, 0.25) is 5.02 Å². The number of ether oxygens (including phenoxy) is 2. The molecule has 124 valence electrons. The van der Waals surface area contributed by atoms with Crippen molar-refractivity contribution in [3.8, 4) is 11.5 Å². The van der Waals surface area contributed by atoms with Gasteiger partial charge in [-0.1, -0.05) is 41.4 Å². The number of methoxy groups -OCH3 is 2. The molecule has 2 aromatic carbocycles. The van der Waals surface area contributed by atoms with Crippen molar-refractivity contribution in [3.63, 3.8) is 0 Å². The van der Waals surface area contributed by atoms with E-state index >= 15 is 0 Å². The van der Waals surface area contributed by atoms with Gasteiger partial charge in [-0.2, -0.15) is 0 Å².